The normalized spacial score (nSPS) is 10.2. The highest BCUT2D eigenvalue weighted by atomic mass is 16.2. The van der Waals surface area contributed by atoms with Gasteiger partial charge in [-0.25, -0.2) is 4.98 Å². The number of benzene rings is 1. The van der Waals surface area contributed by atoms with Crippen LogP contribution in [0, 0.1) is 5.92 Å². The summed E-state index contributed by atoms with van der Waals surface area (Å²) in [6, 6.07) is 6.65. The standard InChI is InChI=1S/C15H16N4O2/c1-10(2)14(20)18-12-5-3-11(4-6-12)15(21)19-13-9-16-7-8-17-13/h3-10H,1-2H3,(H,18,20)(H,17,19,21). The summed E-state index contributed by atoms with van der Waals surface area (Å²) in [6.07, 6.45) is 4.50. The van der Waals surface area contributed by atoms with E-state index in [4.69, 9.17) is 0 Å². The predicted octanol–water partition coefficient (Wildman–Crippen LogP) is 2.32. The van der Waals surface area contributed by atoms with Gasteiger partial charge in [-0.05, 0) is 24.3 Å². The Morgan fingerprint density at radius 1 is 1.05 bits per heavy atom. The molecule has 2 amide bonds. The van der Waals surface area contributed by atoms with Gasteiger partial charge in [-0.2, -0.15) is 0 Å². The highest BCUT2D eigenvalue weighted by Gasteiger charge is 2.09. The lowest BCUT2D eigenvalue weighted by Gasteiger charge is -2.08. The summed E-state index contributed by atoms with van der Waals surface area (Å²) in [4.78, 5) is 31.4. The molecule has 2 N–H and O–H groups in total. The fraction of sp³-hybridized carbons (Fsp3) is 0.200. The van der Waals surface area contributed by atoms with Crippen molar-refractivity contribution >= 4 is 23.3 Å². The molecule has 1 heterocycles. The molecule has 0 aliphatic rings. The quantitative estimate of drug-likeness (QED) is 0.902. The first kappa shape index (κ1) is 14.6. The fourth-order valence-corrected chi connectivity index (χ4v) is 1.54. The third-order valence-electron chi connectivity index (χ3n) is 2.74. The first-order valence-corrected chi connectivity index (χ1v) is 6.54. The van der Waals surface area contributed by atoms with Gasteiger partial charge >= 0.3 is 0 Å². The van der Waals surface area contributed by atoms with Crippen LogP contribution in [0.4, 0.5) is 11.5 Å². The summed E-state index contributed by atoms with van der Waals surface area (Å²) in [6.45, 7) is 3.64. The van der Waals surface area contributed by atoms with E-state index < -0.39 is 0 Å². The maximum atomic E-state index is 12.0. The summed E-state index contributed by atoms with van der Waals surface area (Å²) in [7, 11) is 0. The highest BCUT2D eigenvalue weighted by Crippen LogP contribution is 2.12. The summed E-state index contributed by atoms with van der Waals surface area (Å²) in [5, 5.41) is 5.40. The van der Waals surface area contributed by atoms with Gasteiger partial charge in [0, 0.05) is 29.6 Å². The number of rotatable bonds is 4. The van der Waals surface area contributed by atoms with E-state index in [9.17, 15) is 9.59 Å². The van der Waals surface area contributed by atoms with Gasteiger partial charge in [0.1, 0.15) is 0 Å². The molecule has 6 heteroatoms. The molecular weight excluding hydrogens is 268 g/mol. The molecule has 1 aromatic carbocycles. The van der Waals surface area contributed by atoms with Crippen molar-refractivity contribution < 1.29 is 9.59 Å². The Morgan fingerprint density at radius 3 is 2.33 bits per heavy atom. The number of hydrogen-bond acceptors (Lipinski definition) is 4. The van der Waals surface area contributed by atoms with E-state index in [2.05, 4.69) is 20.6 Å². The zero-order valence-electron chi connectivity index (χ0n) is 11.8. The van der Waals surface area contributed by atoms with Crippen LogP contribution in [0.3, 0.4) is 0 Å². The zero-order valence-corrected chi connectivity index (χ0v) is 11.8. The number of nitrogens with zero attached hydrogens (tertiary/aromatic N) is 2. The summed E-state index contributed by atoms with van der Waals surface area (Å²) < 4.78 is 0. The maximum absolute atomic E-state index is 12.0. The first-order valence-electron chi connectivity index (χ1n) is 6.54. The molecule has 0 radical (unpaired) electrons. The second kappa shape index (κ2) is 6.60. The molecule has 108 valence electrons. The third kappa shape index (κ3) is 4.10. The number of aromatic nitrogens is 2. The van der Waals surface area contributed by atoms with Gasteiger partial charge in [0.25, 0.3) is 5.91 Å². The van der Waals surface area contributed by atoms with Crippen LogP contribution in [-0.2, 0) is 4.79 Å². The van der Waals surface area contributed by atoms with Crippen LogP contribution >= 0.6 is 0 Å². The molecule has 2 aromatic rings. The fourth-order valence-electron chi connectivity index (χ4n) is 1.54. The average Bonchev–Trinajstić information content (AvgIpc) is 2.48. The van der Waals surface area contributed by atoms with Crippen LogP contribution in [0.25, 0.3) is 0 Å². The lowest BCUT2D eigenvalue weighted by Crippen LogP contribution is -2.18. The van der Waals surface area contributed by atoms with Crippen LogP contribution in [0.15, 0.2) is 42.9 Å². The number of hydrogen-bond donors (Lipinski definition) is 2. The predicted molar refractivity (Wildman–Crippen MR) is 79.9 cm³/mol. The van der Waals surface area contributed by atoms with Crippen molar-refractivity contribution in [2.75, 3.05) is 10.6 Å². The minimum absolute atomic E-state index is 0.0632. The van der Waals surface area contributed by atoms with Gasteiger partial charge in [0.05, 0.1) is 6.20 Å². The van der Waals surface area contributed by atoms with E-state index in [0.717, 1.165) is 0 Å². The van der Waals surface area contributed by atoms with Crippen molar-refractivity contribution in [2.45, 2.75) is 13.8 Å². The minimum Gasteiger partial charge on any atom is -0.326 e. The summed E-state index contributed by atoms with van der Waals surface area (Å²) in [5.41, 5.74) is 1.13. The molecule has 0 unspecified atom stereocenters. The lowest BCUT2D eigenvalue weighted by molar-refractivity contribution is -0.118. The molecule has 0 bridgehead atoms. The first-order chi connectivity index (χ1) is 10.1. The molecule has 2 rings (SSSR count). The average molecular weight is 284 g/mol. The van der Waals surface area contributed by atoms with Gasteiger partial charge in [0.2, 0.25) is 5.91 Å². The van der Waals surface area contributed by atoms with Crippen molar-refractivity contribution in [3.05, 3.63) is 48.4 Å². The van der Waals surface area contributed by atoms with Crippen LogP contribution < -0.4 is 10.6 Å². The van der Waals surface area contributed by atoms with E-state index >= 15 is 0 Å². The molecule has 0 fully saturated rings. The molecule has 0 aliphatic heterocycles. The van der Waals surface area contributed by atoms with E-state index in [0.29, 0.717) is 17.1 Å². The maximum Gasteiger partial charge on any atom is 0.256 e. The van der Waals surface area contributed by atoms with Crippen molar-refractivity contribution in [3.8, 4) is 0 Å². The monoisotopic (exact) mass is 284 g/mol. The molecule has 0 atom stereocenters. The van der Waals surface area contributed by atoms with Crippen LogP contribution in [0.2, 0.25) is 0 Å². The van der Waals surface area contributed by atoms with Gasteiger partial charge in [-0.15, -0.1) is 0 Å². The van der Waals surface area contributed by atoms with Gasteiger partial charge in [0.15, 0.2) is 5.82 Å². The van der Waals surface area contributed by atoms with Gasteiger partial charge < -0.3 is 10.6 Å². The van der Waals surface area contributed by atoms with Crippen molar-refractivity contribution in [1.82, 2.24) is 9.97 Å². The Morgan fingerprint density at radius 2 is 1.76 bits per heavy atom. The van der Waals surface area contributed by atoms with Crippen molar-refractivity contribution in [3.63, 3.8) is 0 Å². The summed E-state index contributed by atoms with van der Waals surface area (Å²) >= 11 is 0. The number of nitrogens with one attached hydrogen (secondary N) is 2. The number of amides is 2. The Balaban J connectivity index is 2.01. The summed E-state index contributed by atoms with van der Waals surface area (Å²) in [5.74, 6) is -0.0479. The molecule has 1 aromatic heterocycles. The van der Waals surface area contributed by atoms with Crippen molar-refractivity contribution in [1.29, 1.82) is 0 Å². The SMILES string of the molecule is CC(C)C(=O)Nc1ccc(C(=O)Nc2cnccn2)cc1. The number of carbonyl (C=O) groups excluding carboxylic acids is 2. The minimum atomic E-state index is -0.280. The topological polar surface area (TPSA) is 84.0 Å². The van der Waals surface area contributed by atoms with Crippen LogP contribution in [0.5, 0.6) is 0 Å². The lowest BCUT2D eigenvalue weighted by atomic mass is 10.1. The van der Waals surface area contributed by atoms with Gasteiger partial charge in [-0.1, -0.05) is 13.8 Å². The molecule has 0 aliphatic carbocycles. The molecular formula is C15H16N4O2. The Labute approximate surface area is 122 Å². The Kier molecular flexibility index (Phi) is 4.61. The largest absolute Gasteiger partial charge is 0.326 e. The Hall–Kier alpha value is -2.76. The molecule has 0 spiro atoms. The molecule has 6 nitrogen and oxygen atoms in total. The highest BCUT2D eigenvalue weighted by molar-refractivity contribution is 6.04. The smallest absolute Gasteiger partial charge is 0.256 e. The zero-order chi connectivity index (χ0) is 15.2. The van der Waals surface area contributed by atoms with Crippen molar-refractivity contribution in [2.24, 2.45) is 5.92 Å². The second-order valence-electron chi connectivity index (χ2n) is 4.77. The molecule has 0 saturated carbocycles. The van der Waals surface area contributed by atoms with Crippen LogP contribution in [-0.4, -0.2) is 21.8 Å². The van der Waals surface area contributed by atoms with E-state index in [1.165, 1.54) is 18.6 Å². The van der Waals surface area contributed by atoms with Gasteiger partial charge in [-0.3, -0.25) is 14.6 Å². The number of anilines is 2. The van der Waals surface area contributed by atoms with Crippen LogP contribution in [0.1, 0.15) is 24.2 Å². The van der Waals surface area contributed by atoms with E-state index in [-0.39, 0.29) is 17.7 Å². The third-order valence-corrected chi connectivity index (χ3v) is 2.74. The number of carbonyl (C=O) groups is 2. The van der Waals surface area contributed by atoms with E-state index in [1.807, 2.05) is 13.8 Å². The second-order valence-corrected chi connectivity index (χ2v) is 4.77. The molecule has 0 saturated heterocycles. The Bertz CT molecular complexity index is 624. The molecule has 21 heavy (non-hydrogen) atoms. The van der Waals surface area contributed by atoms with E-state index in [1.54, 1.807) is 24.3 Å².